The highest BCUT2D eigenvalue weighted by Gasteiger charge is 2.16. The first-order valence-electron chi connectivity index (χ1n) is 4.51. The van der Waals surface area contributed by atoms with Gasteiger partial charge in [0.25, 0.3) is 0 Å². The van der Waals surface area contributed by atoms with Crippen LogP contribution in [0, 0.1) is 6.92 Å². The predicted molar refractivity (Wildman–Crippen MR) is 52.2 cm³/mol. The third-order valence-corrected chi connectivity index (χ3v) is 2.28. The molecule has 2 atom stereocenters. The number of pyridine rings is 1. The van der Waals surface area contributed by atoms with E-state index >= 15 is 0 Å². The topological polar surface area (TPSA) is 59.1 Å². The largest absolute Gasteiger partial charge is 0.387 e. The second-order valence-electron chi connectivity index (χ2n) is 3.25. The van der Waals surface area contributed by atoms with E-state index in [9.17, 15) is 5.11 Å². The average Bonchev–Trinajstić information content (AvgIpc) is 2.16. The zero-order chi connectivity index (χ0) is 9.84. The van der Waals surface area contributed by atoms with Crippen molar-refractivity contribution in [3.05, 3.63) is 29.6 Å². The number of aromatic nitrogens is 1. The van der Waals surface area contributed by atoms with Gasteiger partial charge in [-0.25, -0.2) is 0 Å². The van der Waals surface area contributed by atoms with Gasteiger partial charge in [0.05, 0.1) is 6.10 Å². The first-order chi connectivity index (χ1) is 6.16. The number of hydrogen-bond donors (Lipinski definition) is 2. The number of rotatable bonds is 3. The van der Waals surface area contributed by atoms with Crippen molar-refractivity contribution in [2.45, 2.75) is 32.4 Å². The summed E-state index contributed by atoms with van der Waals surface area (Å²) in [6, 6.07) is 1.67. The van der Waals surface area contributed by atoms with Gasteiger partial charge < -0.3 is 10.8 Å². The summed E-state index contributed by atoms with van der Waals surface area (Å²) < 4.78 is 0. The molecule has 3 N–H and O–H groups in total. The van der Waals surface area contributed by atoms with E-state index in [2.05, 4.69) is 4.98 Å². The van der Waals surface area contributed by atoms with Crippen molar-refractivity contribution in [1.29, 1.82) is 0 Å². The fraction of sp³-hybridized carbons (Fsp3) is 0.500. The van der Waals surface area contributed by atoms with Crippen molar-refractivity contribution in [2.24, 2.45) is 5.73 Å². The molecule has 0 saturated carbocycles. The summed E-state index contributed by atoms with van der Waals surface area (Å²) in [6.07, 6.45) is 3.55. The van der Waals surface area contributed by atoms with Crippen LogP contribution in [0.15, 0.2) is 18.5 Å². The normalized spacial score (nSPS) is 15.4. The maximum absolute atomic E-state index is 9.80. The van der Waals surface area contributed by atoms with Gasteiger partial charge >= 0.3 is 0 Å². The van der Waals surface area contributed by atoms with Crippen molar-refractivity contribution >= 4 is 0 Å². The average molecular weight is 180 g/mol. The molecular weight excluding hydrogens is 164 g/mol. The lowest BCUT2D eigenvalue weighted by Gasteiger charge is -2.18. The molecule has 1 aromatic rings. The van der Waals surface area contributed by atoms with E-state index in [1.54, 1.807) is 12.4 Å². The molecule has 1 aromatic heterocycles. The van der Waals surface area contributed by atoms with E-state index in [-0.39, 0.29) is 6.04 Å². The number of aliphatic hydroxyl groups excluding tert-OH is 1. The Balaban J connectivity index is 2.88. The van der Waals surface area contributed by atoms with Crippen LogP contribution in [0.5, 0.6) is 0 Å². The van der Waals surface area contributed by atoms with Crippen LogP contribution in [0.25, 0.3) is 0 Å². The summed E-state index contributed by atoms with van der Waals surface area (Å²) in [5.41, 5.74) is 7.60. The summed E-state index contributed by atoms with van der Waals surface area (Å²) in [5, 5.41) is 9.80. The standard InChI is InChI=1S/C10H16N2O/c1-3-9(11)10(13)8-6-12-5-4-7(8)2/h4-6,9-10,13H,3,11H2,1-2H3/t9-,10+/m1/s1. The van der Waals surface area contributed by atoms with Crippen molar-refractivity contribution in [1.82, 2.24) is 4.98 Å². The Morgan fingerprint density at radius 3 is 2.85 bits per heavy atom. The molecule has 0 bridgehead atoms. The summed E-state index contributed by atoms with van der Waals surface area (Å²) in [6.45, 7) is 3.90. The third kappa shape index (κ3) is 2.26. The number of nitrogens with two attached hydrogens (primary N) is 1. The van der Waals surface area contributed by atoms with Gasteiger partial charge in [-0.15, -0.1) is 0 Å². The fourth-order valence-electron chi connectivity index (χ4n) is 1.24. The van der Waals surface area contributed by atoms with E-state index in [0.29, 0.717) is 0 Å². The molecule has 3 nitrogen and oxygen atoms in total. The van der Waals surface area contributed by atoms with Crippen LogP contribution in [0.4, 0.5) is 0 Å². The molecular formula is C10H16N2O. The Morgan fingerprint density at radius 1 is 1.62 bits per heavy atom. The molecule has 3 heteroatoms. The lowest BCUT2D eigenvalue weighted by atomic mass is 9.99. The molecule has 0 amide bonds. The van der Waals surface area contributed by atoms with E-state index in [4.69, 9.17) is 5.73 Å². The van der Waals surface area contributed by atoms with E-state index < -0.39 is 6.10 Å². The quantitative estimate of drug-likeness (QED) is 0.733. The molecule has 0 aliphatic rings. The summed E-state index contributed by atoms with van der Waals surface area (Å²) in [4.78, 5) is 3.97. The molecule has 1 heterocycles. The van der Waals surface area contributed by atoms with Gasteiger partial charge in [-0.3, -0.25) is 4.98 Å². The highest BCUT2D eigenvalue weighted by Crippen LogP contribution is 2.19. The molecule has 0 spiro atoms. The molecule has 0 fully saturated rings. The number of nitrogens with zero attached hydrogens (tertiary/aromatic N) is 1. The Bertz CT molecular complexity index is 275. The summed E-state index contributed by atoms with van der Waals surface area (Å²) in [7, 11) is 0. The maximum Gasteiger partial charge on any atom is 0.0958 e. The van der Waals surface area contributed by atoms with Gasteiger partial charge in [0.1, 0.15) is 0 Å². The minimum Gasteiger partial charge on any atom is -0.387 e. The van der Waals surface area contributed by atoms with Gasteiger partial charge in [-0.2, -0.15) is 0 Å². The van der Waals surface area contributed by atoms with E-state index in [0.717, 1.165) is 17.5 Å². The molecule has 0 saturated heterocycles. The first kappa shape index (κ1) is 10.2. The molecule has 0 unspecified atom stereocenters. The van der Waals surface area contributed by atoms with Gasteiger partial charge in [0.15, 0.2) is 0 Å². The molecule has 0 aliphatic heterocycles. The minimum atomic E-state index is -0.598. The highest BCUT2D eigenvalue weighted by atomic mass is 16.3. The molecule has 0 aliphatic carbocycles. The third-order valence-electron chi connectivity index (χ3n) is 2.28. The van der Waals surface area contributed by atoms with Crippen LogP contribution >= 0.6 is 0 Å². The number of aryl methyl sites for hydroxylation is 1. The van der Waals surface area contributed by atoms with Crippen LogP contribution in [-0.2, 0) is 0 Å². The van der Waals surface area contributed by atoms with Crippen LogP contribution in [0.2, 0.25) is 0 Å². The minimum absolute atomic E-state index is 0.206. The first-order valence-corrected chi connectivity index (χ1v) is 4.51. The lowest BCUT2D eigenvalue weighted by Crippen LogP contribution is -2.27. The summed E-state index contributed by atoms with van der Waals surface area (Å²) >= 11 is 0. The SMILES string of the molecule is CC[C@@H](N)[C@@H](O)c1cnccc1C. The fourth-order valence-corrected chi connectivity index (χ4v) is 1.24. The zero-order valence-corrected chi connectivity index (χ0v) is 8.07. The van der Waals surface area contributed by atoms with Crippen LogP contribution in [0.3, 0.4) is 0 Å². The second kappa shape index (κ2) is 4.35. The smallest absolute Gasteiger partial charge is 0.0958 e. The molecule has 0 aromatic carbocycles. The molecule has 1 rings (SSSR count). The van der Waals surface area contributed by atoms with Crippen LogP contribution in [-0.4, -0.2) is 16.1 Å². The van der Waals surface area contributed by atoms with Crippen molar-refractivity contribution in [2.75, 3.05) is 0 Å². The predicted octanol–water partition coefficient (Wildman–Crippen LogP) is 1.16. The van der Waals surface area contributed by atoms with Crippen molar-refractivity contribution in [3.8, 4) is 0 Å². The lowest BCUT2D eigenvalue weighted by molar-refractivity contribution is 0.143. The van der Waals surface area contributed by atoms with Crippen LogP contribution < -0.4 is 5.73 Å². The van der Waals surface area contributed by atoms with E-state index in [1.807, 2.05) is 19.9 Å². The van der Waals surface area contributed by atoms with Gasteiger partial charge in [-0.1, -0.05) is 6.92 Å². The zero-order valence-electron chi connectivity index (χ0n) is 8.07. The Labute approximate surface area is 78.6 Å². The molecule has 13 heavy (non-hydrogen) atoms. The Hall–Kier alpha value is -0.930. The monoisotopic (exact) mass is 180 g/mol. The second-order valence-corrected chi connectivity index (χ2v) is 3.25. The number of aliphatic hydroxyl groups is 1. The van der Waals surface area contributed by atoms with E-state index in [1.165, 1.54) is 0 Å². The molecule has 72 valence electrons. The highest BCUT2D eigenvalue weighted by molar-refractivity contribution is 5.24. The van der Waals surface area contributed by atoms with Crippen molar-refractivity contribution in [3.63, 3.8) is 0 Å². The molecule has 0 radical (unpaired) electrons. The van der Waals surface area contributed by atoms with Gasteiger partial charge in [0, 0.05) is 24.0 Å². The van der Waals surface area contributed by atoms with Gasteiger partial charge in [-0.05, 0) is 25.0 Å². The Kier molecular flexibility index (Phi) is 3.39. The van der Waals surface area contributed by atoms with Crippen LogP contribution in [0.1, 0.15) is 30.6 Å². The van der Waals surface area contributed by atoms with Gasteiger partial charge in [0.2, 0.25) is 0 Å². The maximum atomic E-state index is 9.80. The number of hydrogen-bond acceptors (Lipinski definition) is 3. The summed E-state index contributed by atoms with van der Waals surface area (Å²) in [5.74, 6) is 0. The van der Waals surface area contributed by atoms with Crippen molar-refractivity contribution < 1.29 is 5.11 Å². The Morgan fingerprint density at radius 2 is 2.31 bits per heavy atom.